The Kier molecular flexibility index (Phi) is 8.29. The molecule has 0 aliphatic heterocycles. The largest absolute Gasteiger partial charge is 0.456 e. The van der Waals surface area contributed by atoms with Crippen molar-refractivity contribution in [2.45, 2.75) is 19.3 Å². The third-order valence-electron chi connectivity index (χ3n) is 14.1. The number of rotatable bonds is 4. The Morgan fingerprint density at radius 2 is 0.785 bits per heavy atom. The zero-order chi connectivity index (χ0) is 43.2. The number of hydrogen-bond donors (Lipinski definition) is 0. The Balaban J connectivity index is 1.21. The first-order chi connectivity index (χ1) is 32.0. The highest BCUT2D eigenvalue weighted by molar-refractivity contribution is 6.28. The molecule has 2 heteroatoms. The van der Waals surface area contributed by atoms with Crippen molar-refractivity contribution in [1.29, 1.82) is 0 Å². The van der Waals surface area contributed by atoms with Crippen molar-refractivity contribution in [1.82, 2.24) is 0 Å². The molecule has 0 atom stereocenters. The predicted octanol–water partition coefficient (Wildman–Crippen LogP) is 17.9. The van der Waals surface area contributed by atoms with Gasteiger partial charge < -0.3 is 9.32 Å². The van der Waals surface area contributed by atoms with E-state index < -0.39 is 0 Å². The third kappa shape index (κ3) is 5.74. The summed E-state index contributed by atoms with van der Waals surface area (Å²) in [5.41, 5.74) is 12.6. The number of nitrogens with zero attached hydrogens (tertiary/aromatic N) is 1. The van der Waals surface area contributed by atoms with Crippen molar-refractivity contribution in [3.05, 3.63) is 236 Å². The zero-order valence-corrected chi connectivity index (χ0v) is 36.2. The van der Waals surface area contributed by atoms with E-state index in [0.717, 1.165) is 55.2 Å². The molecule has 1 heterocycles. The molecule has 1 aliphatic rings. The number of hydrogen-bond acceptors (Lipinski definition) is 2. The second-order valence-electron chi connectivity index (χ2n) is 18.0. The van der Waals surface area contributed by atoms with Crippen molar-refractivity contribution < 1.29 is 4.42 Å². The fourth-order valence-electron chi connectivity index (χ4n) is 11.0. The molecule has 0 amide bonds. The first-order valence-electron chi connectivity index (χ1n) is 22.6. The molecule has 2 nitrogen and oxygen atoms in total. The fraction of sp³-hybridized carbons (Fsp3) is 0.0476. The highest BCUT2D eigenvalue weighted by Gasteiger charge is 2.36. The first kappa shape index (κ1) is 37.4. The van der Waals surface area contributed by atoms with E-state index in [2.05, 4.69) is 243 Å². The summed E-state index contributed by atoms with van der Waals surface area (Å²) < 4.78 is 6.68. The molecule has 1 aliphatic carbocycles. The Hall–Kier alpha value is -8.20. The predicted molar refractivity (Wildman–Crippen MR) is 277 cm³/mol. The van der Waals surface area contributed by atoms with Crippen molar-refractivity contribution in [2.75, 3.05) is 4.90 Å². The Labute approximate surface area is 377 Å². The van der Waals surface area contributed by atoms with Gasteiger partial charge in [0, 0.05) is 33.1 Å². The van der Waals surface area contributed by atoms with Crippen LogP contribution >= 0.6 is 0 Å². The van der Waals surface area contributed by atoms with Crippen LogP contribution in [0.15, 0.2) is 229 Å². The topological polar surface area (TPSA) is 16.4 Å². The fourth-order valence-corrected chi connectivity index (χ4v) is 11.0. The number of benzene rings is 10. The lowest BCUT2D eigenvalue weighted by Gasteiger charge is -2.30. The second-order valence-corrected chi connectivity index (χ2v) is 18.0. The minimum atomic E-state index is -0.166. The molecule has 1 aromatic heterocycles. The summed E-state index contributed by atoms with van der Waals surface area (Å²) >= 11 is 0. The first-order valence-corrected chi connectivity index (χ1v) is 22.6. The molecule has 306 valence electrons. The Bertz CT molecular complexity index is 3990. The van der Waals surface area contributed by atoms with Crippen molar-refractivity contribution in [3.63, 3.8) is 0 Å². The van der Waals surface area contributed by atoms with Crippen LogP contribution in [0.2, 0.25) is 0 Å². The van der Waals surface area contributed by atoms with Crippen molar-refractivity contribution in [2.24, 2.45) is 0 Å². The zero-order valence-electron chi connectivity index (χ0n) is 36.2. The molecule has 11 aromatic carbocycles. The summed E-state index contributed by atoms with van der Waals surface area (Å²) in [6.45, 7) is 4.73. The lowest BCUT2D eigenvalue weighted by Crippen LogP contribution is -2.16. The maximum Gasteiger partial charge on any atom is 0.136 e. The van der Waals surface area contributed by atoms with Gasteiger partial charge >= 0.3 is 0 Å². The van der Waals surface area contributed by atoms with Gasteiger partial charge in [-0.05, 0) is 130 Å². The molecule has 0 saturated heterocycles. The van der Waals surface area contributed by atoms with E-state index in [9.17, 15) is 0 Å². The van der Waals surface area contributed by atoms with Crippen LogP contribution < -0.4 is 4.90 Å². The van der Waals surface area contributed by atoms with Gasteiger partial charge in [0.25, 0.3) is 0 Å². The van der Waals surface area contributed by atoms with Crippen LogP contribution in [0.4, 0.5) is 17.1 Å². The number of furan rings is 1. The van der Waals surface area contributed by atoms with Gasteiger partial charge in [0.2, 0.25) is 0 Å². The lowest BCUT2D eigenvalue weighted by atomic mass is 9.82. The molecule has 65 heavy (non-hydrogen) atoms. The molecule has 0 saturated carbocycles. The maximum absolute atomic E-state index is 6.68. The molecule has 0 N–H and O–H groups in total. The van der Waals surface area contributed by atoms with E-state index in [0.29, 0.717) is 0 Å². The third-order valence-corrected chi connectivity index (χ3v) is 14.1. The van der Waals surface area contributed by atoms with Gasteiger partial charge in [0.05, 0.1) is 5.69 Å². The summed E-state index contributed by atoms with van der Waals surface area (Å²) in [5, 5.41) is 14.0. The molecule has 12 aromatic rings. The molecule has 0 spiro atoms. The van der Waals surface area contributed by atoms with Crippen LogP contribution in [0.5, 0.6) is 0 Å². The minimum Gasteiger partial charge on any atom is -0.456 e. The van der Waals surface area contributed by atoms with Crippen LogP contribution in [0.3, 0.4) is 0 Å². The average molecular weight is 830 g/mol. The highest BCUT2D eigenvalue weighted by Crippen LogP contribution is 2.52. The molecule has 13 rings (SSSR count). The number of para-hydroxylation sites is 2. The molecule has 0 fully saturated rings. The van der Waals surface area contributed by atoms with E-state index in [-0.39, 0.29) is 5.41 Å². The Morgan fingerprint density at radius 1 is 0.308 bits per heavy atom. The van der Waals surface area contributed by atoms with Gasteiger partial charge in [-0.15, -0.1) is 0 Å². The lowest BCUT2D eigenvalue weighted by molar-refractivity contribution is 0.660. The van der Waals surface area contributed by atoms with E-state index in [1.165, 1.54) is 71.1 Å². The van der Waals surface area contributed by atoms with Crippen LogP contribution in [-0.4, -0.2) is 0 Å². The Morgan fingerprint density at radius 3 is 1.48 bits per heavy atom. The van der Waals surface area contributed by atoms with Crippen LogP contribution in [-0.2, 0) is 5.41 Å². The average Bonchev–Trinajstić information content (AvgIpc) is 3.84. The maximum atomic E-state index is 6.68. The summed E-state index contributed by atoms with van der Waals surface area (Å²) in [5.74, 6) is 0. The quantitative estimate of drug-likeness (QED) is 0.176. The van der Waals surface area contributed by atoms with Crippen molar-refractivity contribution in [3.8, 4) is 22.3 Å². The van der Waals surface area contributed by atoms with Gasteiger partial charge in [0.1, 0.15) is 11.2 Å². The van der Waals surface area contributed by atoms with Gasteiger partial charge in [0.15, 0.2) is 0 Å². The van der Waals surface area contributed by atoms with E-state index >= 15 is 0 Å². The van der Waals surface area contributed by atoms with Gasteiger partial charge in [-0.1, -0.05) is 190 Å². The van der Waals surface area contributed by atoms with Gasteiger partial charge in [-0.2, -0.15) is 0 Å². The summed E-state index contributed by atoms with van der Waals surface area (Å²) in [4.78, 5) is 2.49. The molecular weight excluding hydrogens is 787 g/mol. The monoisotopic (exact) mass is 829 g/mol. The number of fused-ring (bicyclic) bond motifs is 16. The highest BCUT2D eigenvalue weighted by atomic mass is 16.3. The van der Waals surface area contributed by atoms with E-state index in [4.69, 9.17) is 4.42 Å². The number of anilines is 3. The minimum absolute atomic E-state index is 0.166. The van der Waals surface area contributed by atoms with E-state index in [1.807, 2.05) is 0 Å². The van der Waals surface area contributed by atoms with Crippen LogP contribution in [0.1, 0.15) is 25.0 Å². The molecule has 0 radical (unpaired) electrons. The summed E-state index contributed by atoms with van der Waals surface area (Å²) in [6.07, 6.45) is 0. The van der Waals surface area contributed by atoms with E-state index in [1.54, 1.807) is 0 Å². The SMILES string of the molecule is CC1(C)c2ccccc2-c2ccc(N(c3ccc4c5ccccc5c5ccccc5c5ccccc5c5cc6oc7ccccc7c6cc5c4c3)c3ccccc3-c3ccccc3)cc21. The molecule has 0 unspecified atom stereocenters. The smallest absolute Gasteiger partial charge is 0.136 e. The standard InChI is InChI=1S/C63H43NO/c1-63(2)58-29-15-12-27-51(58)52-35-33-42(37-59(52)63)64(60-30-16-13-20-43(60)40-18-4-3-5-19-40)41-32-34-50-48-25-9-8-23-46(48)44-21-6-7-22-45(44)47-24-10-11-26-49(47)56-39-62-57(38-55(56)54(50)36-41)53-28-14-17-31-61(53)65-62/h3-39H,1-2H3. The van der Waals surface area contributed by atoms with Crippen LogP contribution in [0.25, 0.3) is 98.1 Å². The molecular formula is C63H43NO. The van der Waals surface area contributed by atoms with Crippen LogP contribution in [0, 0.1) is 0 Å². The summed E-state index contributed by atoms with van der Waals surface area (Å²) in [7, 11) is 0. The summed E-state index contributed by atoms with van der Waals surface area (Å²) in [6, 6.07) is 82.6. The van der Waals surface area contributed by atoms with Gasteiger partial charge in [-0.3, -0.25) is 0 Å². The molecule has 0 bridgehead atoms. The van der Waals surface area contributed by atoms with Crippen molar-refractivity contribution >= 4 is 92.9 Å². The second kappa shape index (κ2) is 14.4. The normalized spacial score (nSPS) is 12.9. The van der Waals surface area contributed by atoms with Gasteiger partial charge in [-0.25, -0.2) is 0 Å².